The Kier molecular flexibility index (Phi) is 8.98. The number of rotatable bonds is 7. The van der Waals surface area contributed by atoms with Gasteiger partial charge in [0.15, 0.2) is 5.82 Å². The first-order valence-corrected chi connectivity index (χ1v) is 19.9. The predicted octanol–water partition coefficient (Wildman–Crippen LogP) is 5.75. The van der Waals surface area contributed by atoms with E-state index < -0.39 is 29.5 Å². The van der Waals surface area contributed by atoms with Crippen LogP contribution >= 0.6 is 0 Å². The first-order valence-electron chi connectivity index (χ1n) is 19.9. The highest BCUT2D eigenvalue weighted by Crippen LogP contribution is 2.46. The Morgan fingerprint density at radius 1 is 0.917 bits per heavy atom. The average molecular weight is 814 g/mol. The fourth-order valence-corrected chi connectivity index (χ4v) is 9.55. The fourth-order valence-electron chi connectivity index (χ4n) is 9.55. The molecule has 1 fully saturated rings. The zero-order chi connectivity index (χ0) is 42.4. The Labute approximate surface area is 343 Å². The number of nitrogens with zero attached hydrogens (tertiary/aromatic N) is 7. The predicted molar refractivity (Wildman–Crippen MR) is 220 cm³/mol. The number of aromatic nitrogens is 5. The molecule has 5 N–H and O–H groups in total. The van der Waals surface area contributed by atoms with Gasteiger partial charge in [-0.25, -0.2) is 14.3 Å². The van der Waals surface area contributed by atoms with Gasteiger partial charge in [-0.15, -0.1) is 5.10 Å². The average Bonchev–Trinajstić information content (AvgIpc) is 3.80. The summed E-state index contributed by atoms with van der Waals surface area (Å²) < 4.78 is 8.83. The van der Waals surface area contributed by atoms with Gasteiger partial charge in [0, 0.05) is 42.3 Å². The first kappa shape index (κ1) is 38.4. The van der Waals surface area contributed by atoms with Gasteiger partial charge in [-0.1, -0.05) is 32.8 Å². The van der Waals surface area contributed by atoms with E-state index in [1.165, 1.54) is 15.5 Å². The van der Waals surface area contributed by atoms with Crippen LogP contribution in [0.4, 0.5) is 10.5 Å². The van der Waals surface area contributed by atoms with Gasteiger partial charge in [-0.05, 0) is 90.0 Å². The van der Waals surface area contributed by atoms with Crippen molar-refractivity contribution in [1.82, 2.24) is 29.2 Å². The van der Waals surface area contributed by atoms with Crippen LogP contribution in [0, 0.1) is 0 Å². The molecule has 3 aliphatic heterocycles. The number of fused-ring (bicyclic) bond motifs is 5. The molecule has 3 aromatic carbocycles. The van der Waals surface area contributed by atoms with Gasteiger partial charge in [0.2, 0.25) is 0 Å². The summed E-state index contributed by atoms with van der Waals surface area (Å²) in [4.78, 5) is 50.1. The van der Waals surface area contributed by atoms with Crippen LogP contribution in [0.25, 0.3) is 39.4 Å². The van der Waals surface area contributed by atoms with Crippen LogP contribution in [0.2, 0.25) is 0 Å². The lowest BCUT2D eigenvalue weighted by Crippen LogP contribution is -2.66. The molecule has 0 saturated carbocycles. The van der Waals surface area contributed by atoms with Gasteiger partial charge in [-0.3, -0.25) is 9.59 Å². The largest absolute Gasteiger partial charge is 0.508 e. The molecule has 6 heterocycles. The molecule has 0 spiro atoms. The minimum Gasteiger partial charge on any atom is -0.508 e. The molecule has 0 aliphatic carbocycles. The summed E-state index contributed by atoms with van der Waals surface area (Å²) in [6, 6.07) is 15.3. The lowest BCUT2D eigenvalue weighted by molar-refractivity contribution is -0.157. The van der Waals surface area contributed by atoms with Crippen LogP contribution in [0.1, 0.15) is 67.9 Å². The van der Waals surface area contributed by atoms with E-state index in [1.54, 1.807) is 60.0 Å². The van der Waals surface area contributed by atoms with Crippen LogP contribution < -0.4 is 10.5 Å². The molecule has 16 heteroatoms. The van der Waals surface area contributed by atoms with E-state index >= 15 is 0 Å². The number of aryl methyl sites for hydroxylation is 1. The van der Waals surface area contributed by atoms with Crippen molar-refractivity contribution in [2.75, 3.05) is 24.5 Å². The maximum atomic E-state index is 14.5. The molecule has 2 atom stereocenters. The normalized spacial score (nSPS) is 18.4. The van der Waals surface area contributed by atoms with Gasteiger partial charge in [0.05, 0.1) is 46.3 Å². The highest BCUT2D eigenvalue weighted by molar-refractivity contribution is 5.91. The molecule has 1 amide bonds. The van der Waals surface area contributed by atoms with E-state index in [0.717, 1.165) is 16.5 Å². The van der Waals surface area contributed by atoms with Crippen LogP contribution in [0.5, 0.6) is 23.3 Å². The number of aromatic hydroxyl groups is 4. The maximum absolute atomic E-state index is 14.5. The second-order valence-corrected chi connectivity index (χ2v) is 15.9. The van der Waals surface area contributed by atoms with Crippen molar-refractivity contribution in [2.45, 2.75) is 71.1 Å². The van der Waals surface area contributed by atoms with Crippen LogP contribution in [0.3, 0.4) is 0 Å². The lowest BCUT2D eigenvalue weighted by Gasteiger charge is -2.50. The van der Waals surface area contributed by atoms with Crippen LogP contribution in [0.15, 0.2) is 65.5 Å². The monoisotopic (exact) mass is 813 g/mol. The SMILES string of the molecule is CCc1c2c(nc3ccc(O)cc13)-c1cc3c(c(=O)n1C2)COC(=O)C3(CC)C1CN(c2ccc(-n3c(O)nnc3-c3cc(C(C)C)c(O)cc3O)cc2)CCN1C(=O)O. The Bertz CT molecular complexity index is 2830. The number of carboxylic acid groups (broad SMARTS) is 1. The van der Waals surface area contributed by atoms with Crippen molar-refractivity contribution in [3.63, 3.8) is 0 Å². The maximum Gasteiger partial charge on any atom is 0.407 e. The van der Waals surface area contributed by atoms with E-state index in [4.69, 9.17) is 9.72 Å². The van der Waals surface area contributed by atoms with Crippen LogP contribution in [-0.4, -0.2) is 92.5 Å². The summed E-state index contributed by atoms with van der Waals surface area (Å²) in [6.45, 7) is 8.03. The number of carbonyl (C=O) groups is 2. The molecule has 0 bridgehead atoms. The number of phenols is 3. The van der Waals surface area contributed by atoms with Gasteiger partial charge in [0.1, 0.15) is 29.3 Å². The fraction of sp³-hybridized carbons (Fsp3) is 0.318. The molecule has 1 saturated heterocycles. The highest BCUT2D eigenvalue weighted by Gasteiger charge is 2.56. The highest BCUT2D eigenvalue weighted by atomic mass is 16.5. The standard InChI is InChI=1S/C44H43N7O9/c1-5-26-28-15-25(52)11-12-33(28)45-38-30(26)19-50-34(38)17-32-31(40(50)55)21-60-41(56)44(32,6-2)37-20-48(13-14-49(37)43(58)59)23-7-9-24(10-8-23)51-39(46-47-42(51)57)29-16-27(22(3)4)35(53)18-36(29)54/h7-12,15-18,22,37,52-54H,5-6,13-14,19-21H2,1-4H3,(H,47,57)(H,58,59). The van der Waals surface area contributed by atoms with Gasteiger partial charge in [0.25, 0.3) is 5.56 Å². The van der Waals surface area contributed by atoms with Crippen molar-refractivity contribution in [2.24, 2.45) is 0 Å². The molecule has 16 nitrogen and oxygen atoms in total. The van der Waals surface area contributed by atoms with Crippen molar-refractivity contribution in [3.05, 3.63) is 98.8 Å². The number of hydrogen-bond acceptors (Lipinski definition) is 12. The first-order chi connectivity index (χ1) is 28.8. The summed E-state index contributed by atoms with van der Waals surface area (Å²) in [5, 5.41) is 61.7. The number of pyridine rings is 2. The number of anilines is 1. The third kappa shape index (κ3) is 5.64. The smallest absolute Gasteiger partial charge is 0.407 e. The van der Waals surface area contributed by atoms with E-state index in [1.807, 2.05) is 31.7 Å². The van der Waals surface area contributed by atoms with E-state index in [2.05, 4.69) is 10.2 Å². The van der Waals surface area contributed by atoms with Gasteiger partial charge in [-0.2, -0.15) is 0 Å². The molecule has 3 aromatic heterocycles. The Morgan fingerprint density at radius 3 is 2.37 bits per heavy atom. The second kappa shape index (κ2) is 14.0. The van der Waals surface area contributed by atoms with Crippen molar-refractivity contribution >= 4 is 28.7 Å². The molecule has 2 unspecified atom stereocenters. The van der Waals surface area contributed by atoms with Crippen molar-refractivity contribution in [3.8, 4) is 51.7 Å². The third-order valence-corrected chi connectivity index (χ3v) is 12.6. The zero-order valence-corrected chi connectivity index (χ0v) is 33.4. The number of amides is 1. The number of cyclic esters (lactones) is 1. The molecule has 6 aromatic rings. The number of esters is 1. The number of phenolic OH excluding ortho intramolecular Hbond substituents is 3. The lowest BCUT2D eigenvalue weighted by atomic mass is 9.68. The summed E-state index contributed by atoms with van der Waals surface area (Å²) in [5.74, 6) is -0.738. The molecule has 308 valence electrons. The van der Waals surface area contributed by atoms with Crippen molar-refractivity contribution in [1.29, 1.82) is 0 Å². The molecule has 0 radical (unpaired) electrons. The molecular formula is C44H43N7O9. The number of ether oxygens (including phenoxy) is 1. The minimum absolute atomic E-state index is 0.0494. The summed E-state index contributed by atoms with van der Waals surface area (Å²) in [7, 11) is 0. The Morgan fingerprint density at radius 2 is 1.67 bits per heavy atom. The van der Waals surface area contributed by atoms with E-state index in [9.17, 15) is 39.9 Å². The van der Waals surface area contributed by atoms with Crippen LogP contribution in [-0.2, 0) is 34.5 Å². The second-order valence-electron chi connectivity index (χ2n) is 15.9. The molecule has 60 heavy (non-hydrogen) atoms. The number of benzene rings is 3. The van der Waals surface area contributed by atoms with Gasteiger partial charge < -0.3 is 44.6 Å². The van der Waals surface area contributed by atoms with E-state index in [0.29, 0.717) is 57.9 Å². The summed E-state index contributed by atoms with van der Waals surface area (Å²) in [6.07, 6.45) is -0.439. The Hall–Kier alpha value is -7.10. The topological polar surface area (TPSA) is 217 Å². The van der Waals surface area contributed by atoms with Gasteiger partial charge >= 0.3 is 18.1 Å². The summed E-state index contributed by atoms with van der Waals surface area (Å²) >= 11 is 0. The van der Waals surface area contributed by atoms with Crippen molar-refractivity contribution < 1.29 is 39.9 Å². The van der Waals surface area contributed by atoms with E-state index in [-0.39, 0.29) is 72.8 Å². The third-order valence-electron chi connectivity index (χ3n) is 12.6. The molecule has 9 rings (SSSR count). The minimum atomic E-state index is -1.55. The summed E-state index contributed by atoms with van der Waals surface area (Å²) in [5.41, 5.74) is 4.46. The number of carbonyl (C=O) groups excluding carboxylic acids is 1. The number of hydrogen-bond donors (Lipinski definition) is 5. The Balaban J connectivity index is 1.11. The molecular weight excluding hydrogens is 771 g/mol. The molecule has 3 aliphatic rings. The zero-order valence-electron chi connectivity index (χ0n) is 33.4. The quantitative estimate of drug-likeness (QED) is 0.121. The number of piperazine rings is 1.